The summed E-state index contributed by atoms with van der Waals surface area (Å²) in [4.78, 5) is 19.0. The molecule has 1 aliphatic heterocycles. The third-order valence-corrected chi connectivity index (χ3v) is 5.46. The number of likely N-dealkylation sites (tertiary alicyclic amines) is 1. The van der Waals surface area contributed by atoms with Crippen LogP contribution >= 0.6 is 24.0 Å². The fourth-order valence-electron chi connectivity index (χ4n) is 3.80. The average molecular weight is 434 g/mol. The van der Waals surface area contributed by atoms with Gasteiger partial charge < -0.3 is 15.5 Å². The molecule has 0 bridgehead atoms. The number of carbonyl (C=O) groups excluding carboxylic acids is 1. The van der Waals surface area contributed by atoms with E-state index in [-0.39, 0.29) is 24.0 Å². The minimum Gasteiger partial charge on any atom is -0.354 e. The highest BCUT2D eigenvalue weighted by Crippen LogP contribution is 2.26. The summed E-state index contributed by atoms with van der Waals surface area (Å²) in [5.74, 6) is 1.59. The van der Waals surface area contributed by atoms with E-state index in [0.29, 0.717) is 23.9 Å². The lowest BCUT2D eigenvalue weighted by Gasteiger charge is -2.29. The van der Waals surface area contributed by atoms with Crippen molar-refractivity contribution in [2.24, 2.45) is 10.9 Å². The molecule has 0 radical (unpaired) electrons. The van der Waals surface area contributed by atoms with Gasteiger partial charge in [0.1, 0.15) is 0 Å². The van der Waals surface area contributed by atoms with Crippen molar-refractivity contribution in [1.82, 2.24) is 15.5 Å². The number of nitrogens with one attached hydrogen (secondary N) is 2. The van der Waals surface area contributed by atoms with Gasteiger partial charge >= 0.3 is 0 Å². The Hall–Kier alpha value is -0.530. The number of hydrogen-bond acceptors (Lipinski definition) is 2. The van der Waals surface area contributed by atoms with Crippen LogP contribution in [-0.2, 0) is 4.79 Å². The maximum atomic E-state index is 12.6. The van der Waals surface area contributed by atoms with E-state index in [9.17, 15) is 4.79 Å². The molecule has 1 unspecified atom stereocenters. The van der Waals surface area contributed by atoms with Gasteiger partial charge in [-0.15, -0.1) is 24.0 Å². The lowest BCUT2D eigenvalue weighted by Crippen LogP contribution is -2.50. The Morgan fingerprint density at radius 3 is 2.26 bits per heavy atom. The SMILES string of the molecule is CN=C(NC1CCC1)NC1CCN(C(=O)C2CCCCC2)C1.I. The number of rotatable bonds is 3. The summed E-state index contributed by atoms with van der Waals surface area (Å²) in [5.41, 5.74) is 0. The molecule has 23 heavy (non-hydrogen) atoms. The zero-order valence-corrected chi connectivity index (χ0v) is 16.6. The fraction of sp³-hybridized carbons (Fsp3) is 0.882. The first-order valence-electron chi connectivity index (χ1n) is 9.05. The number of guanidine groups is 1. The molecule has 2 N–H and O–H groups in total. The molecule has 1 heterocycles. The van der Waals surface area contributed by atoms with Crippen molar-refractivity contribution in [2.75, 3.05) is 20.1 Å². The molecule has 3 aliphatic rings. The normalized spacial score (nSPS) is 26.4. The molecule has 3 fully saturated rings. The van der Waals surface area contributed by atoms with Crippen molar-refractivity contribution in [3.63, 3.8) is 0 Å². The molecule has 6 heteroatoms. The summed E-state index contributed by atoms with van der Waals surface area (Å²) in [6.07, 6.45) is 10.8. The molecule has 1 atom stereocenters. The highest BCUT2D eigenvalue weighted by atomic mass is 127. The Morgan fingerprint density at radius 1 is 0.957 bits per heavy atom. The van der Waals surface area contributed by atoms with Gasteiger partial charge in [0.15, 0.2) is 5.96 Å². The van der Waals surface area contributed by atoms with Crippen molar-refractivity contribution in [3.8, 4) is 0 Å². The van der Waals surface area contributed by atoms with Gasteiger partial charge in [0, 0.05) is 38.1 Å². The molecule has 1 amide bonds. The number of nitrogens with zero attached hydrogens (tertiary/aromatic N) is 2. The topological polar surface area (TPSA) is 56.7 Å². The first kappa shape index (κ1) is 18.8. The minimum atomic E-state index is 0. The van der Waals surface area contributed by atoms with Crippen molar-refractivity contribution in [1.29, 1.82) is 0 Å². The van der Waals surface area contributed by atoms with E-state index in [1.54, 1.807) is 0 Å². The van der Waals surface area contributed by atoms with Crippen LogP contribution in [-0.4, -0.2) is 49.0 Å². The minimum absolute atomic E-state index is 0. The zero-order chi connectivity index (χ0) is 15.4. The van der Waals surface area contributed by atoms with Gasteiger partial charge in [-0.05, 0) is 38.5 Å². The monoisotopic (exact) mass is 434 g/mol. The standard InChI is InChI=1S/C17H30N4O.HI/c1-18-17(19-14-8-5-9-14)20-15-10-11-21(12-15)16(22)13-6-3-2-4-7-13;/h13-15H,2-12H2,1H3,(H2,18,19,20);1H. The first-order chi connectivity index (χ1) is 10.8. The van der Waals surface area contributed by atoms with Gasteiger partial charge in [-0.25, -0.2) is 0 Å². The lowest BCUT2D eigenvalue weighted by atomic mass is 9.88. The smallest absolute Gasteiger partial charge is 0.225 e. The third kappa shape index (κ3) is 4.97. The van der Waals surface area contributed by atoms with Gasteiger partial charge in [0.2, 0.25) is 5.91 Å². The van der Waals surface area contributed by atoms with Crippen molar-refractivity contribution < 1.29 is 4.79 Å². The van der Waals surface area contributed by atoms with Crippen LogP contribution in [0.15, 0.2) is 4.99 Å². The van der Waals surface area contributed by atoms with Crippen LogP contribution in [0.1, 0.15) is 57.8 Å². The maximum Gasteiger partial charge on any atom is 0.225 e. The molecule has 0 spiro atoms. The molecule has 5 nitrogen and oxygen atoms in total. The quantitative estimate of drug-likeness (QED) is 0.408. The second-order valence-electron chi connectivity index (χ2n) is 7.09. The van der Waals surface area contributed by atoms with Crippen molar-refractivity contribution in [3.05, 3.63) is 0 Å². The van der Waals surface area contributed by atoms with E-state index in [0.717, 1.165) is 38.3 Å². The number of aliphatic imine (C=N–C) groups is 1. The van der Waals surface area contributed by atoms with E-state index in [1.807, 2.05) is 7.05 Å². The summed E-state index contributed by atoms with van der Waals surface area (Å²) >= 11 is 0. The van der Waals surface area contributed by atoms with Crippen LogP contribution in [0.5, 0.6) is 0 Å². The lowest BCUT2D eigenvalue weighted by molar-refractivity contribution is -0.135. The van der Waals surface area contributed by atoms with E-state index in [1.165, 1.54) is 38.5 Å². The van der Waals surface area contributed by atoms with Gasteiger partial charge in [-0.3, -0.25) is 9.79 Å². The van der Waals surface area contributed by atoms with Gasteiger partial charge in [-0.2, -0.15) is 0 Å². The molecular formula is C17H31IN4O. The van der Waals surface area contributed by atoms with E-state index < -0.39 is 0 Å². The number of hydrogen-bond donors (Lipinski definition) is 2. The van der Waals surface area contributed by atoms with Gasteiger partial charge in [-0.1, -0.05) is 19.3 Å². The Balaban J connectivity index is 0.00000192. The van der Waals surface area contributed by atoms with Crippen LogP contribution in [0, 0.1) is 5.92 Å². The van der Waals surface area contributed by atoms with Gasteiger partial charge in [0.25, 0.3) is 0 Å². The van der Waals surface area contributed by atoms with Crippen LogP contribution < -0.4 is 10.6 Å². The molecule has 0 aromatic rings. The van der Waals surface area contributed by atoms with Crippen LogP contribution in [0.25, 0.3) is 0 Å². The highest BCUT2D eigenvalue weighted by Gasteiger charge is 2.32. The molecule has 2 aliphatic carbocycles. The summed E-state index contributed by atoms with van der Waals surface area (Å²) in [7, 11) is 1.83. The third-order valence-electron chi connectivity index (χ3n) is 5.46. The maximum absolute atomic E-state index is 12.6. The second kappa shape index (κ2) is 9.08. The number of carbonyl (C=O) groups is 1. The first-order valence-corrected chi connectivity index (χ1v) is 9.05. The average Bonchev–Trinajstić information content (AvgIpc) is 2.98. The Labute approximate surface area is 157 Å². The zero-order valence-electron chi connectivity index (χ0n) is 14.2. The molecule has 2 saturated carbocycles. The largest absolute Gasteiger partial charge is 0.354 e. The number of amides is 1. The Kier molecular flexibility index (Phi) is 7.43. The summed E-state index contributed by atoms with van der Waals surface area (Å²) in [6.45, 7) is 1.73. The van der Waals surface area contributed by atoms with Gasteiger partial charge in [0.05, 0.1) is 0 Å². The summed E-state index contributed by atoms with van der Waals surface area (Å²) in [6, 6.07) is 0.936. The summed E-state index contributed by atoms with van der Waals surface area (Å²) in [5, 5.41) is 6.97. The molecule has 1 saturated heterocycles. The van der Waals surface area contributed by atoms with E-state index in [2.05, 4.69) is 20.5 Å². The van der Waals surface area contributed by atoms with Crippen LogP contribution in [0.3, 0.4) is 0 Å². The fourth-order valence-corrected chi connectivity index (χ4v) is 3.80. The van der Waals surface area contributed by atoms with E-state index in [4.69, 9.17) is 0 Å². The highest BCUT2D eigenvalue weighted by molar-refractivity contribution is 14.0. The molecule has 0 aromatic carbocycles. The predicted octanol–water partition coefficient (Wildman–Crippen LogP) is 2.50. The van der Waals surface area contributed by atoms with E-state index >= 15 is 0 Å². The Bertz CT molecular complexity index is 419. The molecular weight excluding hydrogens is 403 g/mol. The van der Waals surface area contributed by atoms with Crippen LogP contribution in [0.2, 0.25) is 0 Å². The van der Waals surface area contributed by atoms with Crippen molar-refractivity contribution >= 4 is 35.8 Å². The van der Waals surface area contributed by atoms with Crippen LogP contribution in [0.4, 0.5) is 0 Å². The Morgan fingerprint density at radius 2 is 1.65 bits per heavy atom. The molecule has 0 aromatic heterocycles. The second-order valence-corrected chi connectivity index (χ2v) is 7.09. The number of halogens is 1. The molecule has 132 valence electrons. The van der Waals surface area contributed by atoms with Crippen molar-refractivity contribution in [2.45, 2.75) is 69.9 Å². The molecule has 3 rings (SSSR count). The predicted molar refractivity (Wildman–Crippen MR) is 104 cm³/mol. The summed E-state index contributed by atoms with van der Waals surface area (Å²) < 4.78 is 0.